The van der Waals surface area contributed by atoms with Crippen LogP contribution in [0.15, 0.2) is 54.6 Å². The number of ether oxygens (including phenoxy) is 5. The lowest BCUT2D eigenvalue weighted by molar-refractivity contribution is -0.258. The van der Waals surface area contributed by atoms with E-state index in [-0.39, 0.29) is 6.10 Å². The number of hydrogen-bond acceptors (Lipinski definition) is 6. The summed E-state index contributed by atoms with van der Waals surface area (Å²) in [6, 6.07) is 17.5. The topological polar surface area (TPSA) is 66.4 Å². The highest BCUT2D eigenvalue weighted by Crippen LogP contribution is 2.33. The monoisotopic (exact) mass is 372 g/mol. The van der Waals surface area contributed by atoms with Gasteiger partial charge in [0.1, 0.15) is 30.2 Å². The summed E-state index contributed by atoms with van der Waals surface area (Å²) < 4.78 is 28.7. The van der Waals surface area contributed by atoms with Gasteiger partial charge in [-0.2, -0.15) is 0 Å². The van der Waals surface area contributed by atoms with Gasteiger partial charge in [-0.3, -0.25) is 0 Å². The fourth-order valence-electron chi connectivity index (χ4n) is 3.40. The molecule has 2 aromatic rings. The Morgan fingerprint density at radius 1 is 0.926 bits per heavy atom. The zero-order valence-corrected chi connectivity index (χ0v) is 15.2. The lowest BCUT2D eigenvalue weighted by Crippen LogP contribution is -2.55. The van der Waals surface area contributed by atoms with E-state index in [9.17, 15) is 5.11 Å². The molecular formula is C21H24O6. The van der Waals surface area contributed by atoms with Crippen LogP contribution in [-0.2, 0) is 32.2 Å². The summed E-state index contributed by atoms with van der Waals surface area (Å²) in [5, 5.41) is 10.6. The average Bonchev–Trinajstić information content (AvgIpc) is 3.16. The molecule has 0 saturated carbocycles. The molecule has 2 unspecified atom stereocenters. The fourth-order valence-corrected chi connectivity index (χ4v) is 3.40. The Hall–Kier alpha value is -1.96. The summed E-state index contributed by atoms with van der Waals surface area (Å²) in [6.07, 6.45) is -2.73. The third-order valence-corrected chi connectivity index (χ3v) is 4.93. The molecular weight excluding hydrogens is 348 g/mol. The van der Waals surface area contributed by atoms with Crippen LogP contribution >= 0.6 is 0 Å². The summed E-state index contributed by atoms with van der Waals surface area (Å²) in [4.78, 5) is 0. The highest BCUT2D eigenvalue weighted by atomic mass is 16.8. The van der Waals surface area contributed by atoms with Crippen molar-refractivity contribution in [2.45, 2.75) is 43.9 Å². The number of fused-ring (bicyclic) bond motifs is 2. The molecule has 144 valence electrons. The zero-order chi connectivity index (χ0) is 18.6. The second-order valence-corrected chi connectivity index (χ2v) is 6.75. The molecule has 2 heterocycles. The Morgan fingerprint density at radius 3 is 2.30 bits per heavy atom. The van der Waals surface area contributed by atoms with Gasteiger partial charge in [-0.1, -0.05) is 42.5 Å². The number of hydrogen-bond donors (Lipinski definition) is 1. The maximum absolute atomic E-state index is 10.6. The fraction of sp³-hybridized carbons (Fsp3) is 0.429. The van der Waals surface area contributed by atoms with Crippen molar-refractivity contribution in [3.8, 4) is 5.75 Å². The Bertz CT molecular complexity index is 719. The summed E-state index contributed by atoms with van der Waals surface area (Å²) in [6.45, 7) is 1.10. The van der Waals surface area contributed by atoms with Crippen LogP contribution < -0.4 is 4.74 Å². The van der Waals surface area contributed by atoms with Crippen molar-refractivity contribution >= 4 is 0 Å². The van der Waals surface area contributed by atoms with E-state index >= 15 is 0 Å². The van der Waals surface area contributed by atoms with E-state index in [2.05, 4.69) is 0 Å². The molecule has 4 rings (SSSR count). The van der Waals surface area contributed by atoms with E-state index in [0.29, 0.717) is 19.8 Å². The maximum Gasteiger partial charge on any atom is 0.187 e. The van der Waals surface area contributed by atoms with Crippen LogP contribution in [0.2, 0.25) is 0 Å². The molecule has 0 spiro atoms. The molecule has 2 saturated heterocycles. The highest BCUT2D eigenvalue weighted by Gasteiger charge is 2.51. The van der Waals surface area contributed by atoms with Crippen molar-refractivity contribution in [1.82, 2.24) is 0 Å². The Labute approximate surface area is 158 Å². The normalized spacial score (nSPS) is 29.6. The van der Waals surface area contributed by atoms with Gasteiger partial charge in [0.15, 0.2) is 6.29 Å². The minimum Gasteiger partial charge on any atom is -0.497 e. The molecule has 2 aliphatic rings. The van der Waals surface area contributed by atoms with E-state index in [1.807, 2.05) is 54.6 Å². The second kappa shape index (κ2) is 8.37. The highest BCUT2D eigenvalue weighted by molar-refractivity contribution is 5.26. The minimum atomic E-state index is -0.798. The Balaban J connectivity index is 1.43. The van der Waals surface area contributed by atoms with Crippen LogP contribution in [0.3, 0.4) is 0 Å². The third kappa shape index (κ3) is 4.15. The van der Waals surface area contributed by atoms with Gasteiger partial charge in [0, 0.05) is 0 Å². The van der Waals surface area contributed by atoms with Crippen LogP contribution in [0.25, 0.3) is 0 Å². The predicted molar refractivity (Wildman–Crippen MR) is 97.2 cm³/mol. The van der Waals surface area contributed by atoms with Crippen LogP contribution in [-0.4, -0.2) is 49.5 Å². The number of aliphatic hydroxyl groups is 1. The van der Waals surface area contributed by atoms with Crippen molar-refractivity contribution in [2.24, 2.45) is 0 Å². The number of aliphatic hydroxyl groups excluding tert-OH is 1. The first-order valence-corrected chi connectivity index (χ1v) is 9.10. The van der Waals surface area contributed by atoms with Crippen LogP contribution in [0.1, 0.15) is 11.1 Å². The van der Waals surface area contributed by atoms with E-state index in [1.165, 1.54) is 0 Å². The smallest absolute Gasteiger partial charge is 0.187 e. The van der Waals surface area contributed by atoms with Gasteiger partial charge < -0.3 is 28.8 Å². The van der Waals surface area contributed by atoms with Crippen molar-refractivity contribution in [3.63, 3.8) is 0 Å². The molecule has 5 atom stereocenters. The largest absolute Gasteiger partial charge is 0.497 e. The SMILES string of the molecule is COc1ccc(COC2[C@H]3OCC(O3)[C@H](O)[C@@H]2OCc2ccccc2)cc1. The number of benzene rings is 2. The van der Waals surface area contributed by atoms with Gasteiger partial charge in [-0.25, -0.2) is 0 Å². The summed E-state index contributed by atoms with van der Waals surface area (Å²) in [5.41, 5.74) is 2.03. The second-order valence-electron chi connectivity index (χ2n) is 6.75. The third-order valence-electron chi connectivity index (χ3n) is 4.93. The quantitative estimate of drug-likeness (QED) is 0.804. The standard InChI is InChI=1S/C21H24O6/c1-23-16-9-7-15(8-10-16)12-25-20-19(18(22)17-13-26-21(20)27-17)24-11-14-5-3-2-4-6-14/h2-10,17-22H,11-13H2,1H3/t17?,18-,19-,20?,21-/m0/s1. The van der Waals surface area contributed by atoms with Gasteiger partial charge in [0.05, 0.1) is 26.9 Å². The lowest BCUT2D eigenvalue weighted by atomic mass is 10.0. The van der Waals surface area contributed by atoms with Crippen LogP contribution in [0, 0.1) is 0 Å². The van der Waals surface area contributed by atoms with Gasteiger partial charge in [0.25, 0.3) is 0 Å². The molecule has 0 amide bonds. The average molecular weight is 372 g/mol. The first-order valence-electron chi connectivity index (χ1n) is 9.10. The van der Waals surface area contributed by atoms with E-state index in [1.54, 1.807) is 7.11 Å². The molecule has 1 N–H and O–H groups in total. The van der Waals surface area contributed by atoms with Gasteiger partial charge in [-0.05, 0) is 23.3 Å². The Kier molecular flexibility index (Phi) is 5.71. The molecule has 6 heteroatoms. The molecule has 2 bridgehead atoms. The minimum absolute atomic E-state index is 0.347. The van der Waals surface area contributed by atoms with Gasteiger partial charge in [-0.15, -0.1) is 0 Å². The van der Waals surface area contributed by atoms with Crippen LogP contribution in [0.4, 0.5) is 0 Å². The van der Waals surface area contributed by atoms with Crippen molar-refractivity contribution in [2.75, 3.05) is 13.7 Å². The van der Waals surface area contributed by atoms with Gasteiger partial charge >= 0.3 is 0 Å². The van der Waals surface area contributed by atoms with Crippen molar-refractivity contribution < 1.29 is 28.8 Å². The summed E-state index contributed by atoms with van der Waals surface area (Å²) in [5.74, 6) is 0.793. The van der Waals surface area contributed by atoms with Crippen molar-refractivity contribution in [1.29, 1.82) is 0 Å². The Morgan fingerprint density at radius 2 is 1.59 bits per heavy atom. The first-order chi connectivity index (χ1) is 13.2. The van der Waals surface area contributed by atoms with E-state index < -0.39 is 24.6 Å². The maximum atomic E-state index is 10.6. The van der Waals surface area contributed by atoms with Crippen molar-refractivity contribution in [3.05, 3.63) is 65.7 Å². The number of methoxy groups -OCH3 is 1. The molecule has 0 radical (unpaired) electrons. The molecule has 6 nitrogen and oxygen atoms in total. The summed E-state index contributed by atoms with van der Waals surface area (Å²) in [7, 11) is 1.63. The molecule has 2 aliphatic heterocycles. The van der Waals surface area contributed by atoms with E-state index in [0.717, 1.165) is 16.9 Å². The zero-order valence-electron chi connectivity index (χ0n) is 15.2. The predicted octanol–water partition coefficient (Wildman–Crippen LogP) is 2.28. The lowest BCUT2D eigenvalue weighted by Gasteiger charge is -2.38. The number of rotatable bonds is 7. The molecule has 0 aliphatic carbocycles. The molecule has 27 heavy (non-hydrogen) atoms. The molecule has 2 fully saturated rings. The van der Waals surface area contributed by atoms with Crippen LogP contribution in [0.5, 0.6) is 5.75 Å². The molecule has 0 aromatic heterocycles. The van der Waals surface area contributed by atoms with E-state index in [4.69, 9.17) is 23.7 Å². The first kappa shape index (κ1) is 18.4. The molecule has 2 aromatic carbocycles. The summed E-state index contributed by atoms with van der Waals surface area (Å²) >= 11 is 0. The van der Waals surface area contributed by atoms with Gasteiger partial charge in [0.2, 0.25) is 0 Å².